The number of rotatable bonds is 8. The smallest absolute Gasteiger partial charge is 0.335 e. The van der Waals surface area contributed by atoms with Gasteiger partial charge in [-0.25, -0.2) is 9.18 Å². The summed E-state index contributed by atoms with van der Waals surface area (Å²) in [7, 11) is 0. The van der Waals surface area contributed by atoms with Crippen LogP contribution in [-0.4, -0.2) is 60.3 Å². The lowest BCUT2D eigenvalue weighted by atomic mass is 9.90. The molecule has 0 rings (SSSR count). The predicted octanol–water partition coefficient (Wildman–Crippen LogP) is -1.25. The lowest BCUT2D eigenvalue weighted by molar-refractivity contribution is -0.168. The second-order valence-electron chi connectivity index (χ2n) is 3.77. The standard InChI is InChI=1S/C11H20FNO6/c1-3-18-10(16)7(8(13)6(14)5-12)9(15)11(17)19-4-2/h6-9,14-15H,3-5,13H2,1-2H3/t6-,7+,8+,9+/m0/s1. The van der Waals surface area contributed by atoms with Gasteiger partial charge in [-0.1, -0.05) is 0 Å². The summed E-state index contributed by atoms with van der Waals surface area (Å²) in [5.41, 5.74) is 5.48. The lowest BCUT2D eigenvalue weighted by Crippen LogP contribution is -2.53. The number of alkyl halides is 1. The van der Waals surface area contributed by atoms with Crippen molar-refractivity contribution in [2.45, 2.75) is 32.1 Å². The van der Waals surface area contributed by atoms with Crippen LogP contribution in [0.4, 0.5) is 4.39 Å². The number of carbonyl (C=O) groups is 2. The molecule has 7 nitrogen and oxygen atoms in total. The Morgan fingerprint density at radius 2 is 1.63 bits per heavy atom. The summed E-state index contributed by atoms with van der Waals surface area (Å²) in [5, 5.41) is 19.0. The molecule has 4 N–H and O–H groups in total. The minimum absolute atomic E-state index is 0.00760. The molecule has 0 heterocycles. The Bertz CT molecular complexity index is 301. The van der Waals surface area contributed by atoms with Crippen LogP contribution in [0.1, 0.15) is 13.8 Å². The van der Waals surface area contributed by atoms with Crippen LogP contribution in [0, 0.1) is 5.92 Å². The summed E-state index contributed by atoms with van der Waals surface area (Å²) < 4.78 is 21.6. The number of halogens is 1. The van der Waals surface area contributed by atoms with Crippen LogP contribution in [0.2, 0.25) is 0 Å². The number of nitrogens with two attached hydrogens (primary N) is 1. The van der Waals surface area contributed by atoms with Gasteiger partial charge >= 0.3 is 11.9 Å². The van der Waals surface area contributed by atoms with Crippen molar-refractivity contribution in [3.8, 4) is 0 Å². The van der Waals surface area contributed by atoms with Crippen molar-refractivity contribution in [2.24, 2.45) is 11.7 Å². The van der Waals surface area contributed by atoms with Crippen molar-refractivity contribution in [3.05, 3.63) is 0 Å². The van der Waals surface area contributed by atoms with Crippen LogP contribution in [0.25, 0.3) is 0 Å². The second kappa shape index (κ2) is 8.78. The number of carbonyl (C=O) groups excluding carboxylic acids is 2. The molecule has 0 aliphatic carbocycles. The van der Waals surface area contributed by atoms with Gasteiger partial charge in [0.25, 0.3) is 0 Å². The van der Waals surface area contributed by atoms with Crippen molar-refractivity contribution < 1.29 is 33.7 Å². The van der Waals surface area contributed by atoms with Crippen LogP contribution < -0.4 is 5.73 Å². The maximum absolute atomic E-state index is 12.4. The minimum atomic E-state index is -1.92. The van der Waals surface area contributed by atoms with Gasteiger partial charge in [-0.15, -0.1) is 0 Å². The molecule has 0 aliphatic rings. The third-order valence-corrected chi connectivity index (χ3v) is 2.44. The van der Waals surface area contributed by atoms with E-state index in [1.165, 1.54) is 13.8 Å². The molecule has 0 unspecified atom stereocenters. The molecule has 0 aromatic carbocycles. The molecular weight excluding hydrogens is 261 g/mol. The molecule has 112 valence electrons. The monoisotopic (exact) mass is 281 g/mol. The molecule has 0 radical (unpaired) electrons. The highest BCUT2D eigenvalue weighted by atomic mass is 19.1. The van der Waals surface area contributed by atoms with Gasteiger partial charge in [0, 0.05) is 6.04 Å². The summed E-state index contributed by atoms with van der Waals surface area (Å²) in [6, 6.07) is -1.48. The van der Waals surface area contributed by atoms with E-state index in [-0.39, 0.29) is 13.2 Å². The van der Waals surface area contributed by atoms with Gasteiger partial charge in [0.2, 0.25) is 0 Å². The van der Waals surface area contributed by atoms with E-state index >= 15 is 0 Å². The summed E-state index contributed by atoms with van der Waals surface area (Å²) in [5.74, 6) is -3.67. The van der Waals surface area contributed by atoms with Crippen LogP contribution in [-0.2, 0) is 19.1 Å². The number of hydrogen-bond donors (Lipinski definition) is 3. The van der Waals surface area contributed by atoms with Crippen molar-refractivity contribution in [3.63, 3.8) is 0 Å². The van der Waals surface area contributed by atoms with Gasteiger partial charge in [-0.3, -0.25) is 4.79 Å². The first-order valence-corrected chi connectivity index (χ1v) is 5.91. The molecule has 0 aliphatic heterocycles. The molecule has 4 atom stereocenters. The van der Waals surface area contributed by atoms with Crippen molar-refractivity contribution in [2.75, 3.05) is 19.9 Å². The zero-order chi connectivity index (χ0) is 15.0. The molecule has 0 spiro atoms. The minimum Gasteiger partial charge on any atom is -0.466 e. The van der Waals surface area contributed by atoms with Gasteiger partial charge in [-0.05, 0) is 13.8 Å². The average molecular weight is 281 g/mol. The number of esters is 2. The normalized spacial score (nSPS) is 17.2. The predicted molar refractivity (Wildman–Crippen MR) is 62.7 cm³/mol. The summed E-state index contributed by atoms with van der Waals surface area (Å²) in [6.45, 7) is 1.80. The molecule has 0 aromatic rings. The number of aliphatic hydroxyl groups excluding tert-OH is 2. The number of aliphatic hydroxyl groups is 2. The van der Waals surface area contributed by atoms with E-state index in [9.17, 15) is 24.2 Å². The first kappa shape index (κ1) is 17.8. The van der Waals surface area contributed by atoms with E-state index in [1.807, 2.05) is 0 Å². The van der Waals surface area contributed by atoms with E-state index in [2.05, 4.69) is 9.47 Å². The van der Waals surface area contributed by atoms with Crippen molar-refractivity contribution in [1.82, 2.24) is 0 Å². The maximum Gasteiger partial charge on any atom is 0.335 e. The summed E-state index contributed by atoms with van der Waals surface area (Å²) in [4.78, 5) is 23.0. The quantitative estimate of drug-likeness (QED) is 0.475. The molecule has 0 saturated heterocycles. The summed E-state index contributed by atoms with van der Waals surface area (Å²) in [6.07, 6.45) is -3.62. The highest BCUT2D eigenvalue weighted by Gasteiger charge is 2.41. The maximum atomic E-state index is 12.4. The average Bonchev–Trinajstić information content (AvgIpc) is 2.38. The zero-order valence-corrected chi connectivity index (χ0v) is 10.9. The van der Waals surface area contributed by atoms with Gasteiger partial charge < -0.3 is 25.4 Å². The first-order chi connectivity index (χ1) is 8.90. The van der Waals surface area contributed by atoms with Crippen molar-refractivity contribution in [1.29, 1.82) is 0 Å². The Morgan fingerprint density at radius 3 is 2.05 bits per heavy atom. The Hall–Kier alpha value is -1.25. The van der Waals surface area contributed by atoms with E-state index < -0.39 is 42.8 Å². The second-order valence-corrected chi connectivity index (χ2v) is 3.77. The van der Waals surface area contributed by atoms with Gasteiger partial charge in [0.05, 0.1) is 19.3 Å². The molecule has 0 amide bonds. The third-order valence-electron chi connectivity index (χ3n) is 2.44. The molecule has 0 aromatic heterocycles. The number of ether oxygens (including phenoxy) is 2. The fraction of sp³-hybridized carbons (Fsp3) is 0.818. The van der Waals surface area contributed by atoms with Crippen LogP contribution in [0.5, 0.6) is 0 Å². The van der Waals surface area contributed by atoms with Crippen molar-refractivity contribution >= 4 is 11.9 Å². The Morgan fingerprint density at radius 1 is 1.16 bits per heavy atom. The Labute approximate surface area is 110 Å². The van der Waals surface area contributed by atoms with Crippen LogP contribution in [0.15, 0.2) is 0 Å². The highest BCUT2D eigenvalue weighted by molar-refractivity contribution is 5.84. The summed E-state index contributed by atoms with van der Waals surface area (Å²) >= 11 is 0. The Kier molecular flexibility index (Phi) is 8.21. The van der Waals surface area contributed by atoms with Gasteiger partial charge in [0.1, 0.15) is 12.6 Å². The van der Waals surface area contributed by atoms with E-state index in [4.69, 9.17) is 5.73 Å². The topological polar surface area (TPSA) is 119 Å². The zero-order valence-electron chi connectivity index (χ0n) is 10.9. The van der Waals surface area contributed by atoms with Crippen LogP contribution >= 0.6 is 0 Å². The molecule has 0 saturated carbocycles. The molecule has 19 heavy (non-hydrogen) atoms. The third kappa shape index (κ3) is 5.09. The first-order valence-electron chi connectivity index (χ1n) is 5.91. The van der Waals surface area contributed by atoms with Gasteiger partial charge in [-0.2, -0.15) is 0 Å². The molecule has 8 heteroatoms. The van der Waals surface area contributed by atoms with E-state index in [0.717, 1.165) is 0 Å². The van der Waals surface area contributed by atoms with E-state index in [1.54, 1.807) is 0 Å². The lowest BCUT2D eigenvalue weighted by Gasteiger charge is -2.27. The fourth-order valence-electron chi connectivity index (χ4n) is 1.45. The SMILES string of the molecule is CCOC(=O)[C@H]([C@H](N)[C@@H](O)CF)[C@@H](O)C(=O)OCC. The van der Waals surface area contributed by atoms with Crippen LogP contribution in [0.3, 0.4) is 0 Å². The Balaban J connectivity index is 5.04. The molecule has 0 bridgehead atoms. The highest BCUT2D eigenvalue weighted by Crippen LogP contribution is 2.16. The molecule has 0 fully saturated rings. The fourth-order valence-corrected chi connectivity index (χ4v) is 1.45. The molecular formula is C11H20FNO6. The van der Waals surface area contributed by atoms with Gasteiger partial charge in [0.15, 0.2) is 6.10 Å². The van der Waals surface area contributed by atoms with E-state index in [0.29, 0.717) is 0 Å². The number of hydrogen-bond acceptors (Lipinski definition) is 7. The largest absolute Gasteiger partial charge is 0.466 e.